The third-order valence-corrected chi connectivity index (χ3v) is 2.15. The molecule has 2 aromatic carbocycles. The van der Waals surface area contributed by atoms with Crippen molar-refractivity contribution in [2.75, 3.05) is 0 Å². The van der Waals surface area contributed by atoms with Gasteiger partial charge in [0.05, 0.1) is 5.56 Å². The van der Waals surface area contributed by atoms with Crippen molar-refractivity contribution in [2.24, 2.45) is 0 Å². The zero-order chi connectivity index (χ0) is 11.0. The number of rotatable bonds is 1. The van der Waals surface area contributed by atoms with Crippen LogP contribution >= 0.6 is 0 Å². The Hall–Kier alpha value is -1.84. The minimum atomic E-state index is -1.07. The molecule has 0 N–H and O–H groups in total. The van der Waals surface area contributed by atoms with Crippen LogP contribution in [0.3, 0.4) is 0 Å². The van der Waals surface area contributed by atoms with E-state index in [-0.39, 0.29) is 22.6 Å². The van der Waals surface area contributed by atoms with Gasteiger partial charge in [0, 0.05) is 5.39 Å². The second kappa shape index (κ2) is 3.38. The van der Waals surface area contributed by atoms with Crippen LogP contribution in [0.25, 0.3) is 10.8 Å². The largest absolute Gasteiger partial charge is 0.298 e. The van der Waals surface area contributed by atoms with Crippen LogP contribution in [-0.2, 0) is 0 Å². The Morgan fingerprint density at radius 1 is 1.00 bits per heavy atom. The van der Waals surface area contributed by atoms with E-state index >= 15 is 0 Å². The summed E-state index contributed by atoms with van der Waals surface area (Å²) >= 11 is 0. The van der Waals surface area contributed by atoms with E-state index in [0.29, 0.717) is 0 Å². The van der Waals surface area contributed by atoms with Crippen LogP contribution in [0.5, 0.6) is 0 Å². The first-order valence-electron chi connectivity index (χ1n) is 4.16. The van der Waals surface area contributed by atoms with Gasteiger partial charge in [-0.05, 0) is 23.6 Å². The lowest BCUT2D eigenvalue weighted by molar-refractivity contribution is 0.112. The fraction of sp³-hybridized carbons (Fsp3) is 0. The highest BCUT2D eigenvalue weighted by molar-refractivity contribution is 5.89. The third-order valence-electron chi connectivity index (χ3n) is 2.15. The quantitative estimate of drug-likeness (QED) is 0.661. The Morgan fingerprint density at radius 2 is 1.73 bits per heavy atom. The molecule has 0 bridgehead atoms. The number of carbonyl (C=O) groups excluding carboxylic acids is 1. The first kappa shape index (κ1) is 9.71. The smallest absolute Gasteiger partial charge is 0.166 e. The maximum atomic E-state index is 13.2. The summed E-state index contributed by atoms with van der Waals surface area (Å²) in [4.78, 5) is 10.4. The van der Waals surface area contributed by atoms with Crippen LogP contribution in [0.4, 0.5) is 13.2 Å². The molecule has 0 spiro atoms. The number of benzene rings is 2. The average molecular weight is 210 g/mol. The van der Waals surface area contributed by atoms with Crippen LogP contribution in [0.15, 0.2) is 24.3 Å². The normalized spacial score (nSPS) is 10.6. The molecule has 0 amide bonds. The first-order valence-corrected chi connectivity index (χ1v) is 4.16. The number of hydrogen-bond acceptors (Lipinski definition) is 1. The molecule has 76 valence electrons. The van der Waals surface area contributed by atoms with Crippen molar-refractivity contribution >= 4 is 17.1 Å². The van der Waals surface area contributed by atoms with E-state index in [1.165, 1.54) is 6.07 Å². The maximum absolute atomic E-state index is 13.2. The van der Waals surface area contributed by atoms with E-state index in [1.54, 1.807) is 0 Å². The molecule has 0 unspecified atom stereocenters. The first-order chi connectivity index (χ1) is 7.13. The topological polar surface area (TPSA) is 17.1 Å². The highest BCUT2D eigenvalue weighted by Gasteiger charge is 2.10. The molecule has 0 atom stereocenters. The van der Waals surface area contributed by atoms with Crippen LogP contribution < -0.4 is 0 Å². The molecule has 0 heterocycles. The summed E-state index contributed by atoms with van der Waals surface area (Å²) < 4.78 is 39.2. The summed E-state index contributed by atoms with van der Waals surface area (Å²) in [7, 11) is 0. The molecule has 0 saturated heterocycles. The average Bonchev–Trinajstić information content (AvgIpc) is 2.23. The van der Waals surface area contributed by atoms with Gasteiger partial charge in [-0.25, -0.2) is 13.2 Å². The predicted molar refractivity (Wildman–Crippen MR) is 49.2 cm³/mol. The van der Waals surface area contributed by atoms with Gasteiger partial charge in [-0.3, -0.25) is 4.79 Å². The molecule has 1 nitrogen and oxygen atoms in total. The molecule has 2 rings (SSSR count). The molecular weight excluding hydrogens is 205 g/mol. The zero-order valence-electron chi connectivity index (χ0n) is 7.43. The number of hydrogen-bond donors (Lipinski definition) is 0. The second-order valence-electron chi connectivity index (χ2n) is 3.07. The Bertz CT molecular complexity index is 549. The Balaban J connectivity index is 2.88. The number of halogens is 3. The monoisotopic (exact) mass is 210 g/mol. The van der Waals surface area contributed by atoms with Crippen molar-refractivity contribution < 1.29 is 18.0 Å². The number of carbonyl (C=O) groups is 1. The summed E-state index contributed by atoms with van der Waals surface area (Å²) in [5.41, 5.74) is -0.285. The van der Waals surface area contributed by atoms with Gasteiger partial charge < -0.3 is 0 Å². The molecule has 0 fully saturated rings. The Morgan fingerprint density at radius 3 is 2.40 bits per heavy atom. The van der Waals surface area contributed by atoms with Crippen LogP contribution in [0.1, 0.15) is 10.4 Å². The SMILES string of the molecule is O=Cc1cc2c(F)c(F)ccc2cc1F. The molecule has 4 heteroatoms. The fourth-order valence-corrected chi connectivity index (χ4v) is 1.39. The minimum Gasteiger partial charge on any atom is -0.298 e. The summed E-state index contributed by atoms with van der Waals surface area (Å²) in [6.07, 6.45) is 0.263. The van der Waals surface area contributed by atoms with E-state index in [0.717, 1.165) is 18.2 Å². The van der Waals surface area contributed by atoms with Crippen molar-refractivity contribution in [1.82, 2.24) is 0 Å². The van der Waals surface area contributed by atoms with E-state index in [9.17, 15) is 18.0 Å². The number of aldehydes is 1. The lowest BCUT2D eigenvalue weighted by Crippen LogP contribution is -1.92. The van der Waals surface area contributed by atoms with Gasteiger partial charge >= 0.3 is 0 Å². The Labute approximate surface area is 83.1 Å². The summed E-state index contributed by atoms with van der Waals surface area (Å²) in [5, 5.41) is 0.121. The van der Waals surface area contributed by atoms with Gasteiger partial charge in [0.1, 0.15) is 5.82 Å². The molecule has 0 aliphatic rings. The lowest BCUT2D eigenvalue weighted by atomic mass is 10.1. The summed E-state index contributed by atoms with van der Waals surface area (Å²) in [6, 6.07) is 4.17. The van der Waals surface area contributed by atoms with E-state index in [1.807, 2.05) is 0 Å². The van der Waals surface area contributed by atoms with Crippen molar-refractivity contribution in [1.29, 1.82) is 0 Å². The Kier molecular flexibility index (Phi) is 2.19. The van der Waals surface area contributed by atoms with Crippen LogP contribution in [0, 0.1) is 17.5 Å². The highest BCUT2D eigenvalue weighted by Crippen LogP contribution is 2.23. The molecule has 2 aromatic rings. The molecule has 0 aromatic heterocycles. The molecule has 0 radical (unpaired) electrons. The van der Waals surface area contributed by atoms with E-state index < -0.39 is 17.5 Å². The summed E-state index contributed by atoms with van der Waals surface area (Å²) in [6.45, 7) is 0. The second-order valence-corrected chi connectivity index (χ2v) is 3.07. The minimum absolute atomic E-state index is 0.0986. The standard InChI is InChI=1S/C11H5F3O/c12-9-2-1-6-4-10(13)7(5-15)3-8(6)11(9)14/h1-5H. The molecule has 0 aliphatic heterocycles. The van der Waals surface area contributed by atoms with Crippen molar-refractivity contribution in [3.05, 3.63) is 47.3 Å². The number of fused-ring (bicyclic) bond motifs is 1. The lowest BCUT2D eigenvalue weighted by Gasteiger charge is -2.02. The van der Waals surface area contributed by atoms with Crippen molar-refractivity contribution in [3.63, 3.8) is 0 Å². The predicted octanol–water partition coefficient (Wildman–Crippen LogP) is 3.07. The molecular formula is C11H5F3O. The van der Waals surface area contributed by atoms with Gasteiger partial charge in [-0.2, -0.15) is 0 Å². The highest BCUT2D eigenvalue weighted by atomic mass is 19.2. The van der Waals surface area contributed by atoms with Gasteiger partial charge in [0.2, 0.25) is 0 Å². The third kappa shape index (κ3) is 1.48. The van der Waals surface area contributed by atoms with Gasteiger partial charge in [-0.15, -0.1) is 0 Å². The van der Waals surface area contributed by atoms with Gasteiger partial charge in [0.15, 0.2) is 17.9 Å². The molecule has 15 heavy (non-hydrogen) atoms. The van der Waals surface area contributed by atoms with Gasteiger partial charge in [0.25, 0.3) is 0 Å². The summed E-state index contributed by atoms with van der Waals surface area (Å²) in [5.74, 6) is -2.84. The van der Waals surface area contributed by atoms with Crippen molar-refractivity contribution in [2.45, 2.75) is 0 Å². The fourth-order valence-electron chi connectivity index (χ4n) is 1.39. The maximum Gasteiger partial charge on any atom is 0.166 e. The van der Waals surface area contributed by atoms with E-state index in [4.69, 9.17) is 0 Å². The van der Waals surface area contributed by atoms with Crippen molar-refractivity contribution in [3.8, 4) is 0 Å². The van der Waals surface area contributed by atoms with Gasteiger partial charge in [-0.1, -0.05) is 6.07 Å². The zero-order valence-corrected chi connectivity index (χ0v) is 7.43. The molecule has 0 aliphatic carbocycles. The van der Waals surface area contributed by atoms with E-state index in [2.05, 4.69) is 0 Å². The van der Waals surface area contributed by atoms with Crippen LogP contribution in [-0.4, -0.2) is 6.29 Å². The molecule has 0 saturated carbocycles. The van der Waals surface area contributed by atoms with Crippen LogP contribution in [0.2, 0.25) is 0 Å².